The van der Waals surface area contributed by atoms with E-state index >= 15 is 0 Å². The number of hydrogen-bond donors (Lipinski definition) is 0. The molecule has 78 valence electrons. The first-order valence-electron chi connectivity index (χ1n) is 5.29. The van der Waals surface area contributed by atoms with E-state index in [2.05, 4.69) is 17.1 Å². The molecule has 0 bridgehead atoms. The maximum atomic E-state index is 5.31. The molecule has 0 saturated carbocycles. The summed E-state index contributed by atoms with van der Waals surface area (Å²) in [5, 5.41) is 1.17. The molecule has 16 heavy (non-hydrogen) atoms. The van der Waals surface area contributed by atoms with Crippen molar-refractivity contribution in [1.82, 2.24) is 4.98 Å². The maximum absolute atomic E-state index is 5.31. The number of hydrogen-bond acceptors (Lipinski definition) is 2. The number of para-hydroxylation sites is 1. The number of aromatic nitrogens is 1. The molecular formula is C14H11NO. The van der Waals surface area contributed by atoms with Gasteiger partial charge in [0.15, 0.2) is 0 Å². The van der Waals surface area contributed by atoms with Crippen LogP contribution in [0.2, 0.25) is 0 Å². The van der Waals surface area contributed by atoms with Gasteiger partial charge in [0, 0.05) is 17.5 Å². The smallest absolute Gasteiger partial charge is 0.109 e. The third-order valence-electron chi connectivity index (χ3n) is 2.59. The maximum Gasteiger partial charge on any atom is 0.109 e. The zero-order chi connectivity index (χ0) is 10.8. The molecule has 3 aromatic rings. The molecule has 0 spiro atoms. The molecule has 0 N–H and O–H groups in total. The molecule has 0 unspecified atom stereocenters. The zero-order valence-electron chi connectivity index (χ0n) is 8.76. The summed E-state index contributed by atoms with van der Waals surface area (Å²) in [6, 6.07) is 16.1. The highest BCUT2D eigenvalue weighted by Gasteiger charge is 2.01. The van der Waals surface area contributed by atoms with E-state index < -0.39 is 0 Å². The first-order chi connectivity index (χ1) is 7.92. The van der Waals surface area contributed by atoms with E-state index in [1.54, 1.807) is 6.26 Å². The summed E-state index contributed by atoms with van der Waals surface area (Å²) in [7, 11) is 0. The van der Waals surface area contributed by atoms with Gasteiger partial charge in [-0.25, -0.2) is 0 Å². The van der Waals surface area contributed by atoms with E-state index in [1.807, 2.05) is 36.4 Å². The predicted molar refractivity (Wildman–Crippen MR) is 63.3 cm³/mol. The summed E-state index contributed by atoms with van der Waals surface area (Å²) >= 11 is 0. The fraction of sp³-hybridized carbons (Fsp3) is 0.0714. The van der Waals surface area contributed by atoms with Crippen LogP contribution < -0.4 is 0 Å². The quantitative estimate of drug-likeness (QED) is 0.646. The van der Waals surface area contributed by atoms with E-state index in [4.69, 9.17) is 4.42 Å². The van der Waals surface area contributed by atoms with E-state index in [0.717, 1.165) is 23.4 Å². The topological polar surface area (TPSA) is 26.0 Å². The molecule has 0 aliphatic rings. The second-order valence-electron chi connectivity index (χ2n) is 3.75. The Morgan fingerprint density at radius 1 is 0.938 bits per heavy atom. The van der Waals surface area contributed by atoms with Crippen molar-refractivity contribution in [3.63, 3.8) is 0 Å². The summed E-state index contributed by atoms with van der Waals surface area (Å²) in [6.45, 7) is 0. The van der Waals surface area contributed by atoms with Crippen molar-refractivity contribution < 1.29 is 4.42 Å². The average Bonchev–Trinajstić information content (AvgIpc) is 2.82. The molecule has 0 saturated heterocycles. The number of fused-ring (bicyclic) bond motifs is 1. The normalized spacial score (nSPS) is 10.8. The van der Waals surface area contributed by atoms with Crippen LogP contribution in [-0.2, 0) is 6.42 Å². The van der Waals surface area contributed by atoms with Crippen molar-refractivity contribution in [3.8, 4) is 0 Å². The molecule has 0 radical (unpaired) electrons. The van der Waals surface area contributed by atoms with E-state index in [9.17, 15) is 0 Å². The van der Waals surface area contributed by atoms with Crippen molar-refractivity contribution >= 4 is 10.9 Å². The van der Waals surface area contributed by atoms with Crippen LogP contribution in [0.25, 0.3) is 10.9 Å². The van der Waals surface area contributed by atoms with E-state index in [-0.39, 0.29) is 0 Å². The number of benzene rings is 1. The monoisotopic (exact) mass is 209 g/mol. The Bertz CT molecular complexity index is 599. The van der Waals surface area contributed by atoms with Crippen LogP contribution in [0.4, 0.5) is 0 Å². The second kappa shape index (κ2) is 3.81. The van der Waals surface area contributed by atoms with Gasteiger partial charge >= 0.3 is 0 Å². The van der Waals surface area contributed by atoms with Crippen molar-refractivity contribution in [1.29, 1.82) is 0 Å². The minimum atomic E-state index is 0.748. The minimum absolute atomic E-state index is 0.748. The Morgan fingerprint density at radius 3 is 2.75 bits per heavy atom. The van der Waals surface area contributed by atoms with Crippen molar-refractivity contribution in [2.45, 2.75) is 6.42 Å². The Kier molecular flexibility index (Phi) is 2.18. The van der Waals surface area contributed by atoms with Gasteiger partial charge in [-0.05, 0) is 24.3 Å². The van der Waals surface area contributed by atoms with Gasteiger partial charge in [0.05, 0.1) is 11.8 Å². The standard InChI is InChI=1S/C14H11NO/c1-2-6-14-11(4-1)7-8-12(15-14)10-13-5-3-9-16-13/h1-9H,10H2. The molecule has 2 aromatic heterocycles. The molecule has 0 aliphatic carbocycles. The molecule has 2 nitrogen and oxygen atoms in total. The molecule has 0 atom stereocenters. The van der Waals surface area contributed by atoms with E-state index in [0.29, 0.717) is 0 Å². The molecule has 2 heterocycles. The summed E-state index contributed by atoms with van der Waals surface area (Å²) in [4.78, 5) is 4.59. The summed E-state index contributed by atoms with van der Waals surface area (Å²) in [5.41, 5.74) is 2.07. The van der Waals surface area contributed by atoms with Crippen LogP contribution in [0, 0.1) is 0 Å². The predicted octanol–water partition coefficient (Wildman–Crippen LogP) is 3.42. The highest BCUT2D eigenvalue weighted by atomic mass is 16.3. The Morgan fingerprint density at radius 2 is 1.88 bits per heavy atom. The minimum Gasteiger partial charge on any atom is -0.469 e. The van der Waals surface area contributed by atoms with Crippen LogP contribution in [0.1, 0.15) is 11.5 Å². The van der Waals surface area contributed by atoms with Crippen molar-refractivity contribution in [3.05, 3.63) is 66.2 Å². The van der Waals surface area contributed by atoms with Gasteiger partial charge in [-0.1, -0.05) is 24.3 Å². The summed E-state index contributed by atoms with van der Waals surface area (Å²) < 4.78 is 5.31. The zero-order valence-corrected chi connectivity index (χ0v) is 8.76. The average molecular weight is 209 g/mol. The van der Waals surface area contributed by atoms with Crippen LogP contribution in [0.15, 0.2) is 59.2 Å². The Labute approximate surface area is 93.5 Å². The largest absolute Gasteiger partial charge is 0.469 e. The molecular weight excluding hydrogens is 198 g/mol. The highest BCUT2D eigenvalue weighted by molar-refractivity contribution is 5.78. The molecule has 0 aliphatic heterocycles. The number of rotatable bonds is 2. The lowest BCUT2D eigenvalue weighted by atomic mass is 10.1. The third-order valence-corrected chi connectivity index (χ3v) is 2.59. The van der Waals surface area contributed by atoms with Gasteiger partial charge in [-0.3, -0.25) is 4.98 Å². The summed E-state index contributed by atoms with van der Waals surface area (Å²) in [5.74, 6) is 0.947. The van der Waals surface area contributed by atoms with Crippen LogP contribution in [0.5, 0.6) is 0 Å². The van der Waals surface area contributed by atoms with Crippen LogP contribution >= 0.6 is 0 Å². The van der Waals surface area contributed by atoms with Crippen molar-refractivity contribution in [2.75, 3.05) is 0 Å². The molecule has 2 heteroatoms. The SMILES string of the molecule is c1coc(Cc2ccc3ccccc3n2)c1. The third kappa shape index (κ3) is 1.70. The lowest BCUT2D eigenvalue weighted by Gasteiger charge is -2.00. The molecule has 3 rings (SSSR count). The van der Waals surface area contributed by atoms with Gasteiger partial charge in [-0.2, -0.15) is 0 Å². The first-order valence-corrected chi connectivity index (χ1v) is 5.29. The Balaban J connectivity index is 1.99. The molecule has 0 fully saturated rings. The van der Waals surface area contributed by atoms with Gasteiger partial charge in [0.2, 0.25) is 0 Å². The van der Waals surface area contributed by atoms with Gasteiger partial charge in [0.1, 0.15) is 5.76 Å². The molecule has 1 aromatic carbocycles. The highest BCUT2D eigenvalue weighted by Crippen LogP contribution is 2.14. The fourth-order valence-corrected chi connectivity index (χ4v) is 1.80. The van der Waals surface area contributed by atoms with Crippen LogP contribution in [-0.4, -0.2) is 4.98 Å². The van der Waals surface area contributed by atoms with Crippen LogP contribution in [0.3, 0.4) is 0 Å². The van der Waals surface area contributed by atoms with Crippen molar-refractivity contribution in [2.24, 2.45) is 0 Å². The fourth-order valence-electron chi connectivity index (χ4n) is 1.80. The Hall–Kier alpha value is -2.09. The lowest BCUT2D eigenvalue weighted by Crippen LogP contribution is -1.90. The number of nitrogens with zero attached hydrogens (tertiary/aromatic N) is 1. The first kappa shape index (κ1) is 9.16. The lowest BCUT2D eigenvalue weighted by molar-refractivity contribution is 0.519. The van der Waals surface area contributed by atoms with Gasteiger partial charge in [0.25, 0.3) is 0 Å². The van der Waals surface area contributed by atoms with Gasteiger partial charge < -0.3 is 4.42 Å². The number of pyridine rings is 1. The second-order valence-corrected chi connectivity index (χ2v) is 3.75. The summed E-state index contributed by atoms with van der Waals surface area (Å²) in [6.07, 6.45) is 2.44. The number of furan rings is 1. The van der Waals surface area contributed by atoms with Gasteiger partial charge in [-0.15, -0.1) is 0 Å². The molecule has 0 amide bonds. The van der Waals surface area contributed by atoms with E-state index in [1.165, 1.54) is 5.39 Å².